The second-order valence-electron chi connectivity index (χ2n) is 8.38. The lowest BCUT2D eigenvalue weighted by Crippen LogP contribution is -2.59. The number of aryl methyl sites for hydroxylation is 1. The highest BCUT2D eigenvalue weighted by atomic mass is 16.5. The van der Waals surface area contributed by atoms with Gasteiger partial charge in [-0.3, -0.25) is 19.3 Å². The van der Waals surface area contributed by atoms with E-state index >= 15 is 0 Å². The number of amides is 3. The highest BCUT2D eigenvalue weighted by Crippen LogP contribution is 2.38. The lowest BCUT2D eigenvalue weighted by atomic mass is 9.96. The summed E-state index contributed by atoms with van der Waals surface area (Å²) in [6, 6.07) is 10.0. The fraction of sp³-hybridized carbons (Fsp3) is 0.458. The molecule has 2 aliphatic heterocycles. The van der Waals surface area contributed by atoms with E-state index < -0.39 is 11.8 Å². The molecule has 2 saturated heterocycles. The van der Waals surface area contributed by atoms with Gasteiger partial charge in [-0.25, -0.2) is 0 Å². The number of nitrogens with zero attached hydrogens (tertiary/aromatic N) is 2. The third-order valence-electron chi connectivity index (χ3n) is 6.16. The average molecular weight is 440 g/mol. The zero-order valence-corrected chi connectivity index (χ0v) is 18.5. The number of benzene rings is 1. The number of nitrogens with one attached hydrogen (secondary N) is 1. The maximum Gasteiger partial charge on any atom is 0.292 e. The number of likely N-dealkylation sites (tertiary alicyclic amines) is 1. The number of ether oxygens (including phenoxy) is 1. The van der Waals surface area contributed by atoms with Crippen molar-refractivity contribution < 1.29 is 23.5 Å². The predicted molar refractivity (Wildman–Crippen MR) is 117 cm³/mol. The molecule has 0 radical (unpaired) electrons. The zero-order valence-electron chi connectivity index (χ0n) is 18.5. The topological polar surface area (TPSA) is 92.1 Å². The molecule has 1 aromatic carbocycles. The van der Waals surface area contributed by atoms with Gasteiger partial charge in [0.2, 0.25) is 5.91 Å². The van der Waals surface area contributed by atoms with E-state index in [9.17, 15) is 14.4 Å². The molecule has 8 nitrogen and oxygen atoms in total. The standard InChI is InChI=1S/C24H29N3O5/c1-3-11-25-21(28)19-16-32-24(27(19)23(30)20-8-5-14-31-20)9-12-26(13-10-24)22(29)18-7-4-6-17(2)15-18/h4-8,14-15,19H,3,9-13,16H2,1-2H3,(H,25,28)/t19-/m1/s1. The molecular weight excluding hydrogens is 410 g/mol. The summed E-state index contributed by atoms with van der Waals surface area (Å²) in [5, 5.41) is 2.87. The van der Waals surface area contributed by atoms with Crippen LogP contribution >= 0.6 is 0 Å². The lowest BCUT2D eigenvalue weighted by molar-refractivity contribution is -0.128. The quantitative estimate of drug-likeness (QED) is 0.773. The summed E-state index contributed by atoms with van der Waals surface area (Å²) >= 11 is 0. The van der Waals surface area contributed by atoms with Crippen LogP contribution in [0.4, 0.5) is 0 Å². The molecule has 2 aromatic rings. The van der Waals surface area contributed by atoms with Gasteiger partial charge in [0.25, 0.3) is 11.8 Å². The Morgan fingerprint density at radius 1 is 1.12 bits per heavy atom. The van der Waals surface area contributed by atoms with Crippen molar-refractivity contribution in [2.45, 2.75) is 44.9 Å². The van der Waals surface area contributed by atoms with E-state index in [4.69, 9.17) is 9.15 Å². The maximum absolute atomic E-state index is 13.3. The van der Waals surface area contributed by atoms with Gasteiger partial charge in [0.15, 0.2) is 5.76 Å². The Morgan fingerprint density at radius 2 is 1.91 bits per heavy atom. The molecule has 0 aliphatic carbocycles. The van der Waals surface area contributed by atoms with Gasteiger partial charge in [0.1, 0.15) is 11.8 Å². The van der Waals surface area contributed by atoms with Crippen LogP contribution in [0.5, 0.6) is 0 Å². The van der Waals surface area contributed by atoms with E-state index in [1.807, 2.05) is 38.1 Å². The van der Waals surface area contributed by atoms with Crippen molar-refractivity contribution >= 4 is 17.7 Å². The fourth-order valence-electron chi connectivity index (χ4n) is 4.47. The summed E-state index contributed by atoms with van der Waals surface area (Å²) in [6.07, 6.45) is 3.09. The van der Waals surface area contributed by atoms with Crippen LogP contribution < -0.4 is 5.32 Å². The van der Waals surface area contributed by atoms with Gasteiger partial charge >= 0.3 is 0 Å². The molecule has 2 aliphatic rings. The molecule has 4 rings (SSSR count). The van der Waals surface area contributed by atoms with E-state index in [1.54, 1.807) is 17.0 Å². The number of hydrogen-bond donors (Lipinski definition) is 1. The van der Waals surface area contributed by atoms with E-state index in [-0.39, 0.29) is 30.1 Å². The second kappa shape index (κ2) is 9.16. The van der Waals surface area contributed by atoms with Gasteiger partial charge < -0.3 is 19.4 Å². The molecule has 170 valence electrons. The molecule has 1 N–H and O–H groups in total. The number of hydrogen-bond acceptors (Lipinski definition) is 5. The van der Waals surface area contributed by atoms with Crippen LogP contribution in [0.3, 0.4) is 0 Å². The van der Waals surface area contributed by atoms with Crippen LogP contribution in [-0.2, 0) is 9.53 Å². The molecule has 3 heterocycles. The first-order valence-electron chi connectivity index (χ1n) is 11.1. The minimum atomic E-state index is -0.943. The molecular formula is C24H29N3O5. The number of carbonyl (C=O) groups excluding carboxylic acids is 3. The van der Waals surface area contributed by atoms with Crippen LogP contribution in [0.2, 0.25) is 0 Å². The Bertz CT molecular complexity index is 979. The highest BCUT2D eigenvalue weighted by Gasteiger charge is 2.54. The number of furan rings is 1. The van der Waals surface area contributed by atoms with Crippen LogP contribution in [0, 0.1) is 6.92 Å². The van der Waals surface area contributed by atoms with Crippen molar-refractivity contribution in [1.29, 1.82) is 0 Å². The van der Waals surface area contributed by atoms with E-state index in [2.05, 4.69) is 5.32 Å². The van der Waals surface area contributed by atoms with Crippen molar-refractivity contribution in [3.63, 3.8) is 0 Å². The van der Waals surface area contributed by atoms with Gasteiger partial charge in [-0.1, -0.05) is 24.6 Å². The Morgan fingerprint density at radius 3 is 2.56 bits per heavy atom. The maximum atomic E-state index is 13.3. The number of rotatable bonds is 5. The minimum Gasteiger partial charge on any atom is -0.459 e. The first-order chi connectivity index (χ1) is 15.4. The van der Waals surface area contributed by atoms with Gasteiger partial charge in [0, 0.05) is 38.0 Å². The van der Waals surface area contributed by atoms with Crippen LogP contribution in [-0.4, -0.2) is 65.5 Å². The largest absolute Gasteiger partial charge is 0.459 e. The third-order valence-corrected chi connectivity index (χ3v) is 6.16. The minimum absolute atomic E-state index is 0.0392. The van der Waals surface area contributed by atoms with Gasteiger partial charge in [-0.15, -0.1) is 0 Å². The third kappa shape index (κ3) is 4.14. The number of piperidine rings is 1. The van der Waals surface area contributed by atoms with Crippen LogP contribution in [0.15, 0.2) is 47.1 Å². The molecule has 8 heteroatoms. The molecule has 3 amide bonds. The van der Waals surface area contributed by atoms with Crippen LogP contribution in [0.1, 0.15) is 52.7 Å². The molecule has 32 heavy (non-hydrogen) atoms. The summed E-state index contributed by atoms with van der Waals surface area (Å²) in [6.45, 7) is 5.43. The Balaban J connectivity index is 1.54. The lowest BCUT2D eigenvalue weighted by Gasteiger charge is -2.44. The fourth-order valence-corrected chi connectivity index (χ4v) is 4.47. The summed E-state index contributed by atoms with van der Waals surface area (Å²) in [7, 11) is 0. The average Bonchev–Trinajstić information content (AvgIpc) is 3.46. The first-order valence-corrected chi connectivity index (χ1v) is 11.1. The van der Waals surface area contributed by atoms with Crippen LogP contribution in [0.25, 0.3) is 0 Å². The van der Waals surface area contributed by atoms with Gasteiger partial charge in [-0.05, 0) is 37.6 Å². The highest BCUT2D eigenvalue weighted by molar-refractivity contribution is 5.97. The van der Waals surface area contributed by atoms with E-state index in [0.29, 0.717) is 38.0 Å². The Hall–Kier alpha value is -3.13. The van der Waals surface area contributed by atoms with E-state index in [0.717, 1.165) is 12.0 Å². The molecule has 0 bridgehead atoms. The molecule has 1 spiro atoms. The molecule has 0 saturated carbocycles. The predicted octanol–water partition coefficient (Wildman–Crippen LogP) is 2.59. The summed E-state index contributed by atoms with van der Waals surface area (Å²) in [4.78, 5) is 42.4. The molecule has 1 atom stereocenters. The Kier molecular flexibility index (Phi) is 6.32. The molecule has 1 aromatic heterocycles. The van der Waals surface area contributed by atoms with Crippen molar-refractivity contribution in [3.8, 4) is 0 Å². The summed E-state index contributed by atoms with van der Waals surface area (Å²) < 4.78 is 11.5. The molecule has 0 unspecified atom stereocenters. The van der Waals surface area contributed by atoms with Crippen molar-refractivity contribution in [2.75, 3.05) is 26.2 Å². The van der Waals surface area contributed by atoms with Gasteiger partial charge in [-0.2, -0.15) is 0 Å². The summed E-state index contributed by atoms with van der Waals surface area (Å²) in [5.41, 5.74) is 0.731. The summed E-state index contributed by atoms with van der Waals surface area (Å²) in [5.74, 6) is -0.478. The Labute approximate surface area is 187 Å². The van der Waals surface area contributed by atoms with Crippen molar-refractivity contribution in [1.82, 2.24) is 15.1 Å². The zero-order chi connectivity index (χ0) is 22.7. The second-order valence-corrected chi connectivity index (χ2v) is 8.38. The SMILES string of the molecule is CCCNC(=O)[C@H]1COC2(CCN(C(=O)c3cccc(C)c3)CC2)N1C(=O)c1ccco1. The monoisotopic (exact) mass is 439 g/mol. The normalized spacial score (nSPS) is 19.9. The van der Waals surface area contributed by atoms with Crippen molar-refractivity contribution in [3.05, 3.63) is 59.5 Å². The number of carbonyl (C=O) groups is 3. The van der Waals surface area contributed by atoms with E-state index in [1.165, 1.54) is 11.2 Å². The van der Waals surface area contributed by atoms with Crippen molar-refractivity contribution in [2.24, 2.45) is 0 Å². The first kappa shape index (κ1) is 22.1. The van der Waals surface area contributed by atoms with Gasteiger partial charge in [0.05, 0.1) is 12.9 Å². The smallest absolute Gasteiger partial charge is 0.292 e. The molecule has 2 fully saturated rings.